The van der Waals surface area contributed by atoms with Crippen LogP contribution in [0, 0.1) is 11.3 Å². The second-order valence-corrected chi connectivity index (χ2v) is 5.89. The molecule has 0 aromatic heterocycles. The normalized spacial score (nSPS) is 27.0. The van der Waals surface area contributed by atoms with Crippen LogP contribution in [-0.2, 0) is 0 Å². The van der Waals surface area contributed by atoms with Gasteiger partial charge in [-0.15, -0.1) is 0 Å². The Morgan fingerprint density at radius 1 is 1.30 bits per heavy atom. The minimum Gasteiger partial charge on any atom is -0.490 e. The Bertz CT molecular complexity index is 829. The highest BCUT2D eigenvalue weighted by molar-refractivity contribution is 5.90. The first kappa shape index (κ1) is 13.8. The SMILES string of the molecule is O=C(O)c1ccc2c(c1)N=CC1(C=CC=C3C=CC=CC31)CO2. The standard InChI is InChI=1S/C19H15NO3/c21-18(22)14-7-8-17-16(10-14)20-11-19(12-23-17)9-3-5-13-4-1-2-6-15(13)19/h1-11,15H,12H2,(H,21,22). The number of allylic oxidation sites excluding steroid dienone is 7. The fourth-order valence-corrected chi connectivity index (χ4v) is 3.21. The van der Waals surface area contributed by atoms with E-state index in [1.165, 1.54) is 5.57 Å². The molecule has 0 fully saturated rings. The summed E-state index contributed by atoms with van der Waals surface area (Å²) in [6.07, 6.45) is 16.5. The number of nitrogens with zero attached hydrogens (tertiary/aromatic N) is 1. The van der Waals surface area contributed by atoms with Gasteiger partial charge in [-0.2, -0.15) is 0 Å². The lowest BCUT2D eigenvalue weighted by atomic mass is 9.69. The van der Waals surface area contributed by atoms with Crippen LogP contribution in [0.5, 0.6) is 5.75 Å². The summed E-state index contributed by atoms with van der Waals surface area (Å²) in [4.78, 5) is 15.7. The molecule has 0 radical (unpaired) electrons. The largest absolute Gasteiger partial charge is 0.490 e. The van der Waals surface area contributed by atoms with Gasteiger partial charge in [0.2, 0.25) is 0 Å². The van der Waals surface area contributed by atoms with Crippen LogP contribution in [-0.4, -0.2) is 23.9 Å². The predicted octanol–water partition coefficient (Wildman–Crippen LogP) is 3.70. The predicted molar refractivity (Wildman–Crippen MR) is 88.5 cm³/mol. The number of carbonyl (C=O) groups is 1. The van der Waals surface area contributed by atoms with Crippen molar-refractivity contribution in [3.8, 4) is 5.75 Å². The number of benzene rings is 1. The molecule has 3 aliphatic rings. The number of carboxylic acids is 1. The molecule has 4 nitrogen and oxygen atoms in total. The summed E-state index contributed by atoms with van der Waals surface area (Å²) in [6, 6.07) is 4.77. The monoisotopic (exact) mass is 305 g/mol. The summed E-state index contributed by atoms with van der Waals surface area (Å²) in [7, 11) is 0. The van der Waals surface area contributed by atoms with E-state index in [2.05, 4.69) is 29.3 Å². The number of rotatable bonds is 1. The van der Waals surface area contributed by atoms with E-state index in [1.807, 2.05) is 24.4 Å². The zero-order chi connectivity index (χ0) is 15.9. The molecule has 23 heavy (non-hydrogen) atoms. The van der Waals surface area contributed by atoms with Crippen molar-refractivity contribution in [2.75, 3.05) is 6.61 Å². The van der Waals surface area contributed by atoms with E-state index in [1.54, 1.807) is 18.2 Å². The zero-order valence-corrected chi connectivity index (χ0v) is 12.3. The molecule has 1 aromatic rings. The van der Waals surface area contributed by atoms with Crippen molar-refractivity contribution in [3.63, 3.8) is 0 Å². The highest BCUT2D eigenvalue weighted by Gasteiger charge is 2.39. The molecule has 1 spiro atoms. The Labute approximate surface area is 133 Å². The summed E-state index contributed by atoms with van der Waals surface area (Å²) in [5, 5.41) is 9.13. The molecular formula is C19H15NO3. The molecule has 114 valence electrons. The van der Waals surface area contributed by atoms with Gasteiger partial charge in [-0.05, 0) is 23.8 Å². The van der Waals surface area contributed by atoms with Crippen LogP contribution in [0.1, 0.15) is 10.4 Å². The third-order valence-corrected chi connectivity index (χ3v) is 4.46. The van der Waals surface area contributed by atoms with Gasteiger partial charge < -0.3 is 9.84 Å². The fourth-order valence-electron chi connectivity index (χ4n) is 3.21. The Balaban J connectivity index is 1.74. The molecular weight excluding hydrogens is 290 g/mol. The fraction of sp³-hybridized carbons (Fsp3) is 0.158. The maximum atomic E-state index is 11.1. The first-order valence-electron chi connectivity index (χ1n) is 7.48. The Hall–Kier alpha value is -2.88. The van der Waals surface area contributed by atoms with E-state index in [0.717, 1.165) is 0 Å². The van der Waals surface area contributed by atoms with Crippen LogP contribution in [0.15, 0.2) is 71.3 Å². The van der Waals surface area contributed by atoms with Gasteiger partial charge in [0.25, 0.3) is 0 Å². The van der Waals surface area contributed by atoms with Crippen molar-refractivity contribution in [3.05, 3.63) is 71.9 Å². The molecule has 1 heterocycles. The molecule has 0 saturated heterocycles. The van der Waals surface area contributed by atoms with E-state index in [-0.39, 0.29) is 16.9 Å². The van der Waals surface area contributed by atoms with Gasteiger partial charge in [0.05, 0.1) is 11.0 Å². The van der Waals surface area contributed by atoms with Gasteiger partial charge in [-0.25, -0.2) is 4.79 Å². The van der Waals surface area contributed by atoms with Gasteiger partial charge in [0.1, 0.15) is 18.0 Å². The minimum absolute atomic E-state index is 0.175. The number of ether oxygens (including phenoxy) is 1. The van der Waals surface area contributed by atoms with Gasteiger partial charge >= 0.3 is 5.97 Å². The molecule has 2 atom stereocenters. The summed E-state index contributed by atoms with van der Waals surface area (Å²) in [6.45, 7) is 0.465. The van der Waals surface area contributed by atoms with E-state index in [9.17, 15) is 4.79 Å². The van der Waals surface area contributed by atoms with Crippen LogP contribution in [0.4, 0.5) is 5.69 Å². The third-order valence-electron chi connectivity index (χ3n) is 4.46. The summed E-state index contributed by atoms with van der Waals surface area (Å²) in [5.74, 6) is -0.178. The average Bonchev–Trinajstić information content (AvgIpc) is 2.76. The lowest BCUT2D eigenvalue weighted by molar-refractivity contribution is 0.0697. The highest BCUT2D eigenvalue weighted by Crippen LogP contribution is 2.43. The Kier molecular flexibility index (Phi) is 3.05. The van der Waals surface area contributed by atoms with Crippen LogP contribution < -0.4 is 4.74 Å². The molecule has 1 aliphatic heterocycles. The Morgan fingerprint density at radius 3 is 3.09 bits per heavy atom. The number of hydrogen-bond donors (Lipinski definition) is 1. The second-order valence-electron chi connectivity index (χ2n) is 5.89. The number of carboxylic acid groups (broad SMARTS) is 1. The summed E-state index contributed by atoms with van der Waals surface area (Å²) in [5.41, 5.74) is 1.64. The van der Waals surface area contributed by atoms with Crippen LogP contribution in [0.2, 0.25) is 0 Å². The Morgan fingerprint density at radius 2 is 2.22 bits per heavy atom. The van der Waals surface area contributed by atoms with Crippen molar-refractivity contribution in [2.45, 2.75) is 0 Å². The number of hydrogen-bond acceptors (Lipinski definition) is 3. The van der Waals surface area contributed by atoms with Crippen LogP contribution in [0.3, 0.4) is 0 Å². The molecule has 0 bridgehead atoms. The van der Waals surface area contributed by atoms with Crippen molar-refractivity contribution < 1.29 is 14.6 Å². The first-order valence-corrected chi connectivity index (χ1v) is 7.48. The van der Waals surface area contributed by atoms with E-state index in [4.69, 9.17) is 9.84 Å². The molecule has 1 N–H and O–H groups in total. The van der Waals surface area contributed by atoms with E-state index < -0.39 is 5.97 Å². The third kappa shape index (κ3) is 2.23. The average molecular weight is 305 g/mol. The molecule has 4 heteroatoms. The second kappa shape index (κ2) is 5.09. The van der Waals surface area contributed by atoms with Gasteiger partial charge in [-0.1, -0.05) is 42.5 Å². The molecule has 4 rings (SSSR count). The number of aliphatic imine (C=N–C) groups is 1. The van der Waals surface area contributed by atoms with Gasteiger partial charge in [0.15, 0.2) is 0 Å². The maximum absolute atomic E-state index is 11.1. The quantitative estimate of drug-likeness (QED) is 0.860. The summed E-state index contributed by atoms with van der Waals surface area (Å²) >= 11 is 0. The van der Waals surface area contributed by atoms with Gasteiger partial charge in [-0.3, -0.25) is 4.99 Å². The van der Waals surface area contributed by atoms with Crippen molar-refractivity contribution >= 4 is 17.9 Å². The zero-order valence-electron chi connectivity index (χ0n) is 12.3. The summed E-state index contributed by atoms with van der Waals surface area (Å²) < 4.78 is 5.97. The molecule has 2 aliphatic carbocycles. The van der Waals surface area contributed by atoms with E-state index in [0.29, 0.717) is 18.0 Å². The maximum Gasteiger partial charge on any atom is 0.335 e. The smallest absolute Gasteiger partial charge is 0.335 e. The van der Waals surface area contributed by atoms with Crippen molar-refractivity contribution in [1.29, 1.82) is 0 Å². The molecule has 2 unspecified atom stereocenters. The number of aromatic carboxylic acids is 1. The van der Waals surface area contributed by atoms with Crippen LogP contribution >= 0.6 is 0 Å². The topological polar surface area (TPSA) is 58.9 Å². The van der Waals surface area contributed by atoms with E-state index >= 15 is 0 Å². The van der Waals surface area contributed by atoms with Gasteiger partial charge in [0, 0.05) is 12.1 Å². The van der Waals surface area contributed by atoms with Crippen LogP contribution in [0.25, 0.3) is 0 Å². The molecule has 0 amide bonds. The van der Waals surface area contributed by atoms with Crippen molar-refractivity contribution in [2.24, 2.45) is 16.3 Å². The molecule has 1 aromatic carbocycles. The van der Waals surface area contributed by atoms with Crippen molar-refractivity contribution in [1.82, 2.24) is 0 Å². The minimum atomic E-state index is -0.968. The first-order chi connectivity index (χ1) is 11.2. The highest BCUT2D eigenvalue weighted by atomic mass is 16.5. The number of fused-ring (bicyclic) bond motifs is 3. The lowest BCUT2D eigenvalue weighted by Gasteiger charge is -2.36. The lowest BCUT2D eigenvalue weighted by Crippen LogP contribution is -2.37. The molecule has 0 saturated carbocycles.